The van der Waals surface area contributed by atoms with E-state index in [2.05, 4.69) is 14.1 Å². The molecule has 5 nitrogen and oxygen atoms in total. The van der Waals surface area contributed by atoms with Crippen molar-refractivity contribution in [3.8, 4) is 5.88 Å². The highest BCUT2D eigenvalue weighted by molar-refractivity contribution is 6.99. The first-order valence-corrected chi connectivity index (χ1v) is 4.99. The highest BCUT2D eigenvalue weighted by Crippen LogP contribution is 2.04. The highest BCUT2D eigenvalue weighted by atomic mass is 32.1. The molecule has 1 atom stereocenters. The number of aromatic nitrogens is 2. The summed E-state index contributed by atoms with van der Waals surface area (Å²) in [5, 5.41) is 11.7. The van der Waals surface area contributed by atoms with Crippen LogP contribution in [0, 0.1) is 0 Å². The van der Waals surface area contributed by atoms with E-state index in [0.717, 1.165) is 11.7 Å². The molecule has 86 valence electrons. The van der Waals surface area contributed by atoms with Crippen molar-refractivity contribution in [1.82, 2.24) is 14.1 Å². The molecule has 0 aliphatic carbocycles. The molecule has 8 heteroatoms. The topological polar surface area (TPSA) is 67.3 Å². The molecule has 2 N–H and O–H groups in total. The molecule has 1 unspecified atom stereocenters. The van der Waals surface area contributed by atoms with Crippen LogP contribution in [0.2, 0.25) is 0 Å². The van der Waals surface area contributed by atoms with Crippen LogP contribution in [0.1, 0.15) is 0 Å². The fraction of sp³-hybridized carbons (Fsp3) is 0.714. The Labute approximate surface area is 89.4 Å². The Morgan fingerprint density at radius 1 is 1.53 bits per heavy atom. The molecule has 0 aliphatic heterocycles. The van der Waals surface area contributed by atoms with Crippen LogP contribution in [0.3, 0.4) is 0 Å². The van der Waals surface area contributed by atoms with E-state index in [4.69, 9.17) is 4.74 Å². The van der Waals surface area contributed by atoms with E-state index in [1.807, 2.05) is 0 Å². The van der Waals surface area contributed by atoms with Gasteiger partial charge in [-0.05, 0) is 0 Å². The first kappa shape index (κ1) is 12.2. The normalized spacial score (nSPS) is 13.1. The molecule has 15 heavy (non-hydrogen) atoms. The van der Waals surface area contributed by atoms with Gasteiger partial charge < -0.3 is 15.2 Å². The largest absolute Gasteiger partial charge is 0.473 e. The number of rotatable bonds is 7. The maximum atomic E-state index is 11.7. The average Bonchev–Trinajstić information content (AvgIpc) is 2.66. The molecular formula is C7H11F2N3O2S. The lowest BCUT2D eigenvalue weighted by atomic mass is 10.4. The van der Waals surface area contributed by atoms with Crippen molar-refractivity contribution in [3.05, 3.63) is 6.20 Å². The summed E-state index contributed by atoms with van der Waals surface area (Å²) >= 11 is 0.992. The number of alkyl halides is 2. The quantitative estimate of drug-likeness (QED) is 0.708. The second-order valence-corrected chi connectivity index (χ2v) is 3.32. The first-order valence-electron chi connectivity index (χ1n) is 4.25. The SMILES string of the molecule is OC(CNCC(F)F)COc1cnsn1. The lowest BCUT2D eigenvalue weighted by Crippen LogP contribution is -2.34. The zero-order valence-corrected chi connectivity index (χ0v) is 8.58. The molecule has 0 radical (unpaired) electrons. The van der Waals surface area contributed by atoms with Crippen molar-refractivity contribution in [2.24, 2.45) is 0 Å². The predicted molar refractivity (Wildman–Crippen MR) is 50.3 cm³/mol. The van der Waals surface area contributed by atoms with Crippen LogP contribution >= 0.6 is 11.7 Å². The smallest absolute Gasteiger partial charge is 0.250 e. The number of hydrogen-bond acceptors (Lipinski definition) is 6. The zero-order chi connectivity index (χ0) is 11.1. The minimum Gasteiger partial charge on any atom is -0.473 e. The van der Waals surface area contributed by atoms with Crippen molar-refractivity contribution in [2.45, 2.75) is 12.5 Å². The van der Waals surface area contributed by atoms with Crippen LogP contribution in [-0.2, 0) is 0 Å². The van der Waals surface area contributed by atoms with E-state index in [-0.39, 0.29) is 13.2 Å². The summed E-state index contributed by atoms with van der Waals surface area (Å²) in [6, 6.07) is 0. The molecule has 0 amide bonds. The summed E-state index contributed by atoms with van der Waals surface area (Å²) in [4.78, 5) is 0. The van der Waals surface area contributed by atoms with Crippen LogP contribution in [0.25, 0.3) is 0 Å². The fourth-order valence-electron chi connectivity index (χ4n) is 0.819. The van der Waals surface area contributed by atoms with E-state index in [1.54, 1.807) is 0 Å². The van der Waals surface area contributed by atoms with Crippen LogP contribution in [0.5, 0.6) is 5.88 Å². The Kier molecular flexibility index (Phi) is 5.37. The monoisotopic (exact) mass is 239 g/mol. The fourth-order valence-corrected chi connectivity index (χ4v) is 1.18. The molecule has 0 spiro atoms. The summed E-state index contributed by atoms with van der Waals surface area (Å²) in [7, 11) is 0. The number of nitrogens with one attached hydrogen (secondary N) is 1. The summed E-state index contributed by atoms with van der Waals surface area (Å²) < 4.78 is 35.9. The van der Waals surface area contributed by atoms with Gasteiger partial charge in [-0.2, -0.15) is 4.37 Å². The second kappa shape index (κ2) is 6.59. The van der Waals surface area contributed by atoms with E-state index in [0.29, 0.717) is 5.88 Å². The number of aliphatic hydroxyl groups excluding tert-OH is 1. The molecule has 1 aromatic rings. The van der Waals surface area contributed by atoms with Crippen LogP contribution < -0.4 is 10.1 Å². The standard InChI is InChI=1S/C7H11F2N3O2S/c8-6(9)2-10-1-5(13)4-14-7-3-11-15-12-7/h3,5-6,10,13H,1-2,4H2. The molecule has 0 saturated carbocycles. The minimum absolute atomic E-state index is 0.00164. The van der Waals surface area contributed by atoms with Gasteiger partial charge in [0.1, 0.15) is 18.9 Å². The Hall–Kier alpha value is -0.860. The van der Waals surface area contributed by atoms with Crippen molar-refractivity contribution >= 4 is 11.7 Å². The zero-order valence-electron chi connectivity index (χ0n) is 7.77. The minimum atomic E-state index is -2.42. The lowest BCUT2D eigenvalue weighted by molar-refractivity contribution is 0.0936. The molecular weight excluding hydrogens is 228 g/mol. The summed E-state index contributed by atoms with van der Waals surface area (Å²) in [5.74, 6) is 0.327. The third kappa shape index (κ3) is 5.55. The van der Waals surface area contributed by atoms with Crippen LogP contribution in [0.15, 0.2) is 6.20 Å². The van der Waals surface area contributed by atoms with Gasteiger partial charge in [0.15, 0.2) is 0 Å². The van der Waals surface area contributed by atoms with E-state index >= 15 is 0 Å². The third-order valence-electron chi connectivity index (χ3n) is 1.44. The molecule has 1 heterocycles. The van der Waals surface area contributed by atoms with Gasteiger partial charge in [-0.25, -0.2) is 8.78 Å². The number of aliphatic hydroxyl groups is 1. The van der Waals surface area contributed by atoms with E-state index in [9.17, 15) is 13.9 Å². The van der Waals surface area contributed by atoms with Crippen LogP contribution in [0.4, 0.5) is 8.78 Å². The number of halogens is 2. The summed E-state index contributed by atoms with van der Waals surface area (Å²) in [5.41, 5.74) is 0. The number of ether oxygens (including phenoxy) is 1. The van der Waals surface area contributed by atoms with Crippen molar-refractivity contribution in [2.75, 3.05) is 19.7 Å². The molecule has 1 aromatic heterocycles. The van der Waals surface area contributed by atoms with Gasteiger partial charge in [0, 0.05) is 6.54 Å². The Bertz CT molecular complexity index is 261. The Balaban J connectivity index is 2.06. The van der Waals surface area contributed by atoms with Gasteiger partial charge >= 0.3 is 0 Å². The first-order chi connectivity index (χ1) is 7.18. The van der Waals surface area contributed by atoms with E-state index < -0.39 is 19.1 Å². The molecule has 0 aliphatic rings. The summed E-state index contributed by atoms with van der Waals surface area (Å²) in [6.45, 7) is -0.376. The molecule has 0 saturated heterocycles. The number of hydrogen-bond donors (Lipinski definition) is 2. The van der Waals surface area contributed by atoms with Gasteiger partial charge in [0.05, 0.1) is 18.3 Å². The Morgan fingerprint density at radius 2 is 2.33 bits per heavy atom. The van der Waals surface area contributed by atoms with Gasteiger partial charge in [-0.3, -0.25) is 0 Å². The highest BCUT2D eigenvalue weighted by Gasteiger charge is 2.08. The van der Waals surface area contributed by atoms with Gasteiger partial charge in [0.2, 0.25) is 5.88 Å². The molecule has 0 bridgehead atoms. The van der Waals surface area contributed by atoms with E-state index in [1.165, 1.54) is 6.20 Å². The van der Waals surface area contributed by atoms with Crippen molar-refractivity contribution < 1.29 is 18.6 Å². The van der Waals surface area contributed by atoms with Gasteiger partial charge in [-0.1, -0.05) is 0 Å². The lowest BCUT2D eigenvalue weighted by Gasteiger charge is -2.11. The Morgan fingerprint density at radius 3 is 2.93 bits per heavy atom. The predicted octanol–water partition coefficient (Wildman–Crippen LogP) is 0.132. The third-order valence-corrected chi connectivity index (χ3v) is 1.90. The van der Waals surface area contributed by atoms with Crippen LogP contribution in [-0.4, -0.2) is 46.1 Å². The number of nitrogens with zero attached hydrogens (tertiary/aromatic N) is 2. The molecule has 0 fully saturated rings. The van der Waals surface area contributed by atoms with Crippen molar-refractivity contribution in [3.63, 3.8) is 0 Å². The van der Waals surface area contributed by atoms with Gasteiger partial charge in [0.25, 0.3) is 6.43 Å². The maximum absolute atomic E-state index is 11.7. The average molecular weight is 239 g/mol. The second-order valence-electron chi connectivity index (χ2n) is 2.76. The molecule has 0 aromatic carbocycles. The van der Waals surface area contributed by atoms with Gasteiger partial charge in [-0.15, -0.1) is 4.37 Å². The van der Waals surface area contributed by atoms with Crippen molar-refractivity contribution in [1.29, 1.82) is 0 Å². The molecule has 1 rings (SSSR count). The summed E-state index contributed by atoms with van der Waals surface area (Å²) in [6.07, 6.45) is -1.84. The maximum Gasteiger partial charge on any atom is 0.250 e.